The van der Waals surface area contributed by atoms with Gasteiger partial charge in [0.25, 0.3) is 0 Å². The molecular formula is C19H22F3N3O. The molecule has 0 aliphatic rings. The van der Waals surface area contributed by atoms with Crippen LogP contribution in [0.3, 0.4) is 0 Å². The van der Waals surface area contributed by atoms with Gasteiger partial charge in [-0.05, 0) is 41.8 Å². The molecule has 0 fully saturated rings. The van der Waals surface area contributed by atoms with Gasteiger partial charge in [0.2, 0.25) is 5.91 Å². The third-order valence-electron chi connectivity index (χ3n) is 3.98. The Labute approximate surface area is 150 Å². The van der Waals surface area contributed by atoms with Crippen LogP contribution in [0.25, 0.3) is 0 Å². The Kier molecular flexibility index (Phi) is 6.60. The molecule has 1 heterocycles. The van der Waals surface area contributed by atoms with Gasteiger partial charge in [-0.15, -0.1) is 0 Å². The number of hydrogen-bond acceptors (Lipinski definition) is 3. The van der Waals surface area contributed by atoms with Crippen LogP contribution in [0, 0.1) is 5.92 Å². The lowest BCUT2D eigenvalue weighted by molar-refractivity contribution is -0.137. The number of rotatable bonds is 7. The molecule has 0 radical (unpaired) electrons. The first-order chi connectivity index (χ1) is 12.3. The van der Waals surface area contributed by atoms with E-state index in [1.165, 1.54) is 12.1 Å². The lowest BCUT2D eigenvalue weighted by atomic mass is 10.0. The number of nitrogens with zero attached hydrogens (tertiary/aromatic N) is 1. The summed E-state index contributed by atoms with van der Waals surface area (Å²) in [6.07, 6.45) is -0.834. The summed E-state index contributed by atoms with van der Waals surface area (Å²) in [5.74, 6) is 0.0499. The lowest BCUT2D eigenvalue weighted by Crippen LogP contribution is -2.40. The summed E-state index contributed by atoms with van der Waals surface area (Å²) in [5, 5.41) is 6.04. The number of anilines is 1. The van der Waals surface area contributed by atoms with E-state index in [1.54, 1.807) is 18.5 Å². The van der Waals surface area contributed by atoms with Crippen LogP contribution in [-0.2, 0) is 17.4 Å². The van der Waals surface area contributed by atoms with Crippen LogP contribution in [-0.4, -0.2) is 23.5 Å². The Morgan fingerprint density at radius 2 is 1.85 bits per heavy atom. The van der Waals surface area contributed by atoms with E-state index in [4.69, 9.17) is 0 Å². The fourth-order valence-corrected chi connectivity index (χ4v) is 2.40. The average molecular weight is 365 g/mol. The number of nitrogens with one attached hydrogen (secondary N) is 2. The molecule has 0 saturated carbocycles. The van der Waals surface area contributed by atoms with Crippen molar-refractivity contribution in [1.29, 1.82) is 0 Å². The van der Waals surface area contributed by atoms with E-state index in [0.29, 0.717) is 12.2 Å². The molecule has 140 valence electrons. The third kappa shape index (κ3) is 6.06. The van der Waals surface area contributed by atoms with Gasteiger partial charge >= 0.3 is 6.18 Å². The minimum absolute atomic E-state index is 0.107. The smallest absolute Gasteiger partial charge is 0.380 e. The Morgan fingerprint density at radius 3 is 2.38 bits per heavy atom. The molecule has 7 heteroatoms. The summed E-state index contributed by atoms with van der Waals surface area (Å²) in [6, 6.07) is 8.37. The van der Waals surface area contributed by atoms with Crippen molar-refractivity contribution in [2.75, 3.05) is 11.9 Å². The molecule has 1 aromatic carbocycles. The summed E-state index contributed by atoms with van der Waals surface area (Å²) < 4.78 is 37.9. The van der Waals surface area contributed by atoms with Crippen LogP contribution in [0.4, 0.5) is 18.9 Å². The van der Waals surface area contributed by atoms with Crippen molar-refractivity contribution in [3.63, 3.8) is 0 Å². The monoisotopic (exact) mass is 365 g/mol. The molecule has 1 atom stereocenters. The zero-order valence-corrected chi connectivity index (χ0v) is 14.7. The lowest BCUT2D eigenvalue weighted by Gasteiger charge is -2.24. The number of carbonyl (C=O) groups is 1. The number of pyridine rings is 1. The number of carbonyl (C=O) groups excluding carboxylic acids is 1. The molecule has 2 aromatic rings. The zero-order chi connectivity index (χ0) is 19.2. The first-order valence-corrected chi connectivity index (χ1v) is 8.35. The van der Waals surface area contributed by atoms with Crippen LogP contribution in [0.5, 0.6) is 0 Å². The van der Waals surface area contributed by atoms with E-state index in [-0.39, 0.29) is 24.3 Å². The van der Waals surface area contributed by atoms with Crippen molar-refractivity contribution in [2.24, 2.45) is 5.92 Å². The van der Waals surface area contributed by atoms with Gasteiger partial charge in [0.05, 0.1) is 12.0 Å². The fraction of sp³-hybridized carbons (Fsp3) is 0.368. The van der Waals surface area contributed by atoms with Crippen molar-refractivity contribution in [2.45, 2.75) is 32.5 Å². The molecule has 0 unspecified atom stereocenters. The van der Waals surface area contributed by atoms with E-state index in [1.807, 2.05) is 19.9 Å². The van der Waals surface area contributed by atoms with Crippen LogP contribution >= 0.6 is 0 Å². The van der Waals surface area contributed by atoms with Crippen LogP contribution in [0.2, 0.25) is 0 Å². The van der Waals surface area contributed by atoms with E-state index < -0.39 is 11.7 Å². The first-order valence-electron chi connectivity index (χ1n) is 8.35. The van der Waals surface area contributed by atoms with Gasteiger partial charge in [-0.25, -0.2) is 0 Å². The largest absolute Gasteiger partial charge is 0.416 e. The fourth-order valence-electron chi connectivity index (χ4n) is 2.40. The molecule has 0 aliphatic carbocycles. The minimum atomic E-state index is -4.35. The van der Waals surface area contributed by atoms with E-state index >= 15 is 0 Å². The molecular weight excluding hydrogens is 343 g/mol. The third-order valence-corrected chi connectivity index (χ3v) is 3.98. The van der Waals surface area contributed by atoms with E-state index in [9.17, 15) is 18.0 Å². The maximum Gasteiger partial charge on any atom is 0.416 e. The van der Waals surface area contributed by atoms with Crippen molar-refractivity contribution >= 4 is 11.6 Å². The van der Waals surface area contributed by atoms with Crippen molar-refractivity contribution in [1.82, 2.24) is 10.3 Å². The van der Waals surface area contributed by atoms with Crippen LogP contribution in [0.15, 0.2) is 48.8 Å². The van der Waals surface area contributed by atoms with Crippen LogP contribution in [0.1, 0.15) is 25.0 Å². The van der Waals surface area contributed by atoms with Crippen molar-refractivity contribution in [3.05, 3.63) is 59.9 Å². The molecule has 2 N–H and O–H groups in total. The van der Waals surface area contributed by atoms with Gasteiger partial charge in [0, 0.05) is 30.7 Å². The maximum atomic E-state index is 12.6. The zero-order valence-electron chi connectivity index (χ0n) is 14.7. The number of amides is 1. The summed E-state index contributed by atoms with van der Waals surface area (Å²) in [7, 11) is 0. The molecule has 4 nitrogen and oxygen atoms in total. The second kappa shape index (κ2) is 8.69. The Hall–Kier alpha value is -2.57. The van der Waals surface area contributed by atoms with Gasteiger partial charge in [0.1, 0.15) is 0 Å². The first kappa shape index (κ1) is 19.8. The number of halogens is 3. The van der Waals surface area contributed by atoms with Gasteiger partial charge < -0.3 is 10.6 Å². The SMILES string of the molecule is CC(C)[C@H](CNC(=O)Cc1cccnc1)Nc1ccc(C(F)(F)F)cc1. The molecule has 1 aromatic heterocycles. The van der Waals surface area contributed by atoms with Crippen molar-refractivity contribution in [3.8, 4) is 0 Å². The topological polar surface area (TPSA) is 54.0 Å². The molecule has 0 spiro atoms. The van der Waals surface area contributed by atoms with Gasteiger partial charge in [0.15, 0.2) is 0 Å². The number of benzene rings is 1. The van der Waals surface area contributed by atoms with Gasteiger partial charge in [-0.1, -0.05) is 19.9 Å². The Bertz CT molecular complexity index is 700. The van der Waals surface area contributed by atoms with Crippen LogP contribution < -0.4 is 10.6 Å². The molecule has 0 aliphatic heterocycles. The average Bonchev–Trinajstić information content (AvgIpc) is 2.59. The summed E-state index contributed by atoms with van der Waals surface area (Å²) in [4.78, 5) is 16.0. The number of alkyl halides is 3. The van der Waals surface area contributed by atoms with E-state index in [2.05, 4.69) is 15.6 Å². The highest BCUT2D eigenvalue weighted by molar-refractivity contribution is 5.78. The summed E-state index contributed by atoms with van der Waals surface area (Å²) in [5.41, 5.74) is 0.717. The normalized spacial score (nSPS) is 12.7. The quantitative estimate of drug-likeness (QED) is 0.783. The summed E-state index contributed by atoms with van der Waals surface area (Å²) in [6.45, 7) is 4.34. The van der Waals surface area contributed by atoms with E-state index in [0.717, 1.165) is 17.7 Å². The predicted octanol–water partition coefficient (Wildman–Crippen LogP) is 3.90. The Balaban J connectivity index is 1.91. The molecule has 0 bridgehead atoms. The Morgan fingerprint density at radius 1 is 1.15 bits per heavy atom. The molecule has 2 rings (SSSR count). The second-order valence-electron chi connectivity index (χ2n) is 6.41. The minimum Gasteiger partial charge on any atom is -0.380 e. The highest BCUT2D eigenvalue weighted by Gasteiger charge is 2.30. The van der Waals surface area contributed by atoms with Crippen molar-refractivity contribution < 1.29 is 18.0 Å². The molecule has 1 amide bonds. The number of aromatic nitrogens is 1. The summed E-state index contributed by atoms with van der Waals surface area (Å²) >= 11 is 0. The second-order valence-corrected chi connectivity index (χ2v) is 6.41. The molecule has 26 heavy (non-hydrogen) atoms. The molecule has 0 saturated heterocycles. The standard InChI is InChI=1S/C19H22F3N3O/c1-13(2)17(12-24-18(26)10-14-4-3-9-23-11-14)25-16-7-5-15(6-8-16)19(20,21)22/h3-9,11,13,17,25H,10,12H2,1-2H3,(H,24,26)/t17-/m0/s1. The predicted molar refractivity (Wildman–Crippen MR) is 94.6 cm³/mol. The highest BCUT2D eigenvalue weighted by atomic mass is 19.4. The van der Waals surface area contributed by atoms with Gasteiger partial charge in [-0.2, -0.15) is 13.2 Å². The maximum absolute atomic E-state index is 12.6. The highest BCUT2D eigenvalue weighted by Crippen LogP contribution is 2.30. The number of hydrogen-bond donors (Lipinski definition) is 2. The van der Waals surface area contributed by atoms with Gasteiger partial charge in [-0.3, -0.25) is 9.78 Å².